The number of hydrogen-bond acceptors (Lipinski definition) is 0. The number of allylic oxidation sites excluding steroid dienone is 1. The molecule has 0 bridgehead atoms. The molecule has 0 saturated heterocycles. The van der Waals surface area contributed by atoms with Gasteiger partial charge in [-0.05, 0) is 53.1 Å². The fourth-order valence-electron chi connectivity index (χ4n) is 2.98. The molecule has 0 radical (unpaired) electrons. The van der Waals surface area contributed by atoms with Crippen LogP contribution in [0, 0.1) is 5.82 Å². The first-order chi connectivity index (χ1) is 12.2. The first-order valence-corrected chi connectivity index (χ1v) is 8.80. The van der Waals surface area contributed by atoms with E-state index < -0.39 is 0 Å². The molecule has 0 N–H and O–H groups in total. The van der Waals surface area contributed by atoms with E-state index in [0.717, 1.165) is 36.0 Å². The van der Waals surface area contributed by atoms with Crippen molar-refractivity contribution < 1.29 is 4.39 Å². The zero-order valence-electron chi connectivity index (χ0n) is 14.6. The van der Waals surface area contributed by atoms with Crippen LogP contribution in [-0.4, -0.2) is 0 Å². The van der Waals surface area contributed by atoms with Gasteiger partial charge in [-0.1, -0.05) is 73.7 Å². The molecular formula is C24H23F. The first-order valence-electron chi connectivity index (χ1n) is 8.80. The molecule has 0 unspecified atom stereocenters. The van der Waals surface area contributed by atoms with Gasteiger partial charge >= 0.3 is 0 Å². The summed E-state index contributed by atoms with van der Waals surface area (Å²) in [5.74, 6) is -0.184. The number of halogens is 1. The van der Waals surface area contributed by atoms with E-state index in [1.165, 1.54) is 11.1 Å². The van der Waals surface area contributed by atoms with E-state index in [0.29, 0.717) is 5.56 Å². The van der Waals surface area contributed by atoms with Gasteiger partial charge in [-0.25, -0.2) is 4.39 Å². The summed E-state index contributed by atoms with van der Waals surface area (Å²) in [6, 6.07) is 21.9. The van der Waals surface area contributed by atoms with Crippen LogP contribution in [0.3, 0.4) is 0 Å². The van der Waals surface area contributed by atoms with Crippen LogP contribution in [0.5, 0.6) is 0 Å². The van der Waals surface area contributed by atoms with Crippen molar-refractivity contribution in [1.29, 1.82) is 0 Å². The third kappa shape index (κ3) is 4.06. The highest BCUT2D eigenvalue weighted by Crippen LogP contribution is 2.28. The van der Waals surface area contributed by atoms with Crippen LogP contribution in [-0.2, 0) is 12.8 Å². The van der Waals surface area contributed by atoms with Crippen molar-refractivity contribution in [1.82, 2.24) is 0 Å². The molecule has 0 nitrogen and oxygen atoms in total. The molecule has 25 heavy (non-hydrogen) atoms. The highest BCUT2D eigenvalue weighted by Gasteiger charge is 2.08. The molecule has 0 aromatic heterocycles. The Morgan fingerprint density at radius 3 is 2.00 bits per heavy atom. The number of aryl methyl sites for hydroxylation is 2. The van der Waals surface area contributed by atoms with E-state index in [-0.39, 0.29) is 5.82 Å². The fourth-order valence-corrected chi connectivity index (χ4v) is 2.98. The molecule has 0 heterocycles. The first kappa shape index (κ1) is 17.2. The molecule has 1 heteroatoms. The van der Waals surface area contributed by atoms with E-state index in [4.69, 9.17) is 0 Å². The van der Waals surface area contributed by atoms with Gasteiger partial charge < -0.3 is 0 Å². The van der Waals surface area contributed by atoms with Gasteiger partial charge in [0, 0.05) is 5.56 Å². The molecule has 3 aromatic rings. The Balaban J connectivity index is 1.84. The summed E-state index contributed by atoms with van der Waals surface area (Å²) in [6.07, 6.45) is 4.86. The van der Waals surface area contributed by atoms with Crippen LogP contribution >= 0.6 is 0 Å². The zero-order valence-corrected chi connectivity index (χ0v) is 14.6. The van der Waals surface area contributed by atoms with Gasteiger partial charge in [-0.2, -0.15) is 0 Å². The molecule has 0 saturated carbocycles. The molecule has 0 aliphatic heterocycles. The lowest BCUT2D eigenvalue weighted by Gasteiger charge is -2.08. The maximum atomic E-state index is 14.7. The van der Waals surface area contributed by atoms with E-state index in [1.54, 1.807) is 6.07 Å². The Kier molecular flexibility index (Phi) is 5.45. The summed E-state index contributed by atoms with van der Waals surface area (Å²) < 4.78 is 14.7. The minimum absolute atomic E-state index is 0.184. The smallest absolute Gasteiger partial charge is 0.131 e. The molecule has 0 aliphatic rings. The van der Waals surface area contributed by atoms with Crippen LogP contribution in [0.4, 0.5) is 4.39 Å². The van der Waals surface area contributed by atoms with Gasteiger partial charge in [-0.3, -0.25) is 0 Å². The largest absolute Gasteiger partial charge is 0.206 e. The zero-order chi connectivity index (χ0) is 17.6. The number of rotatable bonds is 6. The van der Waals surface area contributed by atoms with Crippen molar-refractivity contribution in [2.75, 3.05) is 0 Å². The van der Waals surface area contributed by atoms with Crippen molar-refractivity contribution in [2.24, 2.45) is 0 Å². The summed E-state index contributed by atoms with van der Waals surface area (Å²) in [6.45, 7) is 5.88. The average Bonchev–Trinajstić information content (AvgIpc) is 2.67. The normalized spacial score (nSPS) is 10.6. The van der Waals surface area contributed by atoms with Crippen molar-refractivity contribution in [3.05, 3.63) is 96.3 Å². The fraction of sp³-hybridized carbons (Fsp3) is 0.167. The third-order valence-electron chi connectivity index (χ3n) is 4.57. The Hall–Kier alpha value is -2.67. The molecule has 126 valence electrons. The molecular weight excluding hydrogens is 307 g/mol. The quantitative estimate of drug-likeness (QED) is 0.434. The summed E-state index contributed by atoms with van der Waals surface area (Å²) in [7, 11) is 0. The summed E-state index contributed by atoms with van der Waals surface area (Å²) in [4.78, 5) is 0. The molecule has 3 aromatic carbocycles. The van der Waals surface area contributed by atoms with Crippen molar-refractivity contribution in [3.63, 3.8) is 0 Å². The van der Waals surface area contributed by atoms with Gasteiger partial charge in [0.25, 0.3) is 0 Å². The van der Waals surface area contributed by atoms with E-state index >= 15 is 0 Å². The molecule has 0 spiro atoms. The lowest BCUT2D eigenvalue weighted by atomic mass is 9.97. The third-order valence-corrected chi connectivity index (χ3v) is 4.57. The highest BCUT2D eigenvalue weighted by molar-refractivity contribution is 5.71. The Labute approximate surface area is 149 Å². The maximum absolute atomic E-state index is 14.7. The SMILES string of the molecule is C=CCCc1ccc(-c2ccc(-c3ccc(CC)cc3)cc2F)cc1. The summed E-state index contributed by atoms with van der Waals surface area (Å²) in [5.41, 5.74) is 6.04. The maximum Gasteiger partial charge on any atom is 0.131 e. The Morgan fingerprint density at radius 1 is 0.800 bits per heavy atom. The van der Waals surface area contributed by atoms with E-state index in [1.807, 2.05) is 30.3 Å². The second-order valence-electron chi connectivity index (χ2n) is 6.27. The van der Waals surface area contributed by atoms with Gasteiger partial charge in [-0.15, -0.1) is 6.58 Å². The number of hydrogen-bond donors (Lipinski definition) is 0. The second kappa shape index (κ2) is 7.94. The Morgan fingerprint density at radius 2 is 1.40 bits per heavy atom. The molecule has 3 rings (SSSR count). The predicted molar refractivity (Wildman–Crippen MR) is 105 cm³/mol. The summed E-state index contributed by atoms with van der Waals surface area (Å²) in [5, 5.41) is 0. The van der Waals surface area contributed by atoms with Crippen LogP contribution in [0.2, 0.25) is 0 Å². The lowest BCUT2D eigenvalue weighted by molar-refractivity contribution is 0.632. The number of benzene rings is 3. The lowest BCUT2D eigenvalue weighted by Crippen LogP contribution is -1.89. The minimum atomic E-state index is -0.184. The van der Waals surface area contributed by atoms with Gasteiger partial charge in [0.1, 0.15) is 5.82 Å². The Bertz CT molecular complexity index is 842. The van der Waals surface area contributed by atoms with Gasteiger partial charge in [0.15, 0.2) is 0 Å². The monoisotopic (exact) mass is 330 g/mol. The topological polar surface area (TPSA) is 0 Å². The molecule has 0 fully saturated rings. The predicted octanol–water partition coefficient (Wildman–Crippen LogP) is 6.84. The second-order valence-corrected chi connectivity index (χ2v) is 6.27. The standard InChI is InChI=1S/C24H23F/c1-3-5-6-19-9-13-21(14-10-19)23-16-15-22(17-24(23)25)20-11-7-18(4-2)8-12-20/h3,7-17H,1,4-6H2,2H3. The van der Waals surface area contributed by atoms with Crippen LogP contribution in [0.25, 0.3) is 22.3 Å². The highest BCUT2D eigenvalue weighted by atomic mass is 19.1. The molecule has 0 amide bonds. The van der Waals surface area contributed by atoms with Crippen molar-refractivity contribution >= 4 is 0 Å². The van der Waals surface area contributed by atoms with Crippen molar-refractivity contribution in [3.8, 4) is 22.3 Å². The molecule has 0 aliphatic carbocycles. The van der Waals surface area contributed by atoms with Crippen LogP contribution in [0.1, 0.15) is 24.5 Å². The van der Waals surface area contributed by atoms with Crippen LogP contribution < -0.4 is 0 Å². The van der Waals surface area contributed by atoms with E-state index in [2.05, 4.69) is 49.9 Å². The van der Waals surface area contributed by atoms with Gasteiger partial charge in [0.05, 0.1) is 0 Å². The minimum Gasteiger partial charge on any atom is -0.206 e. The van der Waals surface area contributed by atoms with Gasteiger partial charge in [0.2, 0.25) is 0 Å². The summed E-state index contributed by atoms with van der Waals surface area (Å²) >= 11 is 0. The average molecular weight is 330 g/mol. The van der Waals surface area contributed by atoms with Crippen molar-refractivity contribution in [2.45, 2.75) is 26.2 Å². The molecule has 0 atom stereocenters. The van der Waals surface area contributed by atoms with E-state index in [9.17, 15) is 4.39 Å². The van der Waals surface area contributed by atoms with Crippen LogP contribution in [0.15, 0.2) is 79.4 Å².